The van der Waals surface area contributed by atoms with E-state index in [0.29, 0.717) is 34.3 Å². The SMILES string of the molecule is COC1CSC(N(C)C2CCC(OCc3c(-c4c(Cl)cccc4Cl)noc3C3CC3)CC2)=N1. The van der Waals surface area contributed by atoms with E-state index in [-0.39, 0.29) is 12.3 Å². The van der Waals surface area contributed by atoms with Crippen LogP contribution in [0.1, 0.15) is 55.8 Å². The van der Waals surface area contributed by atoms with Gasteiger partial charge in [-0.15, -0.1) is 0 Å². The number of thioether (sulfide) groups is 1. The number of aliphatic imine (C=N–C) groups is 1. The lowest BCUT2D eigenvalue weighted by molar-refractivity contribution is 0.00571. The summed E-state index contributed by atoms with van der Waals surface area (Å²) < 4.78 is 17.5. The monoisotopic (exact) mass is 509 g/mol. The maximum Gasteiger partial charge on any atom is 0.161 e. The lowest BCUT2D eigenvalue weighted by Gasteiger charge is -2.35. The highest BCUT2D eigenvalue weighted by Gasteiger charge is 2.34. The van der Waals surface area contributed by atoms with Crippen LogP contribution in [0.2, 0.25) is 10.0 Å². The zero-order valence-corrected chi connectivity index (χ0v) is 21.3. The largest absolute Gasteiger partial charge is 0.373 e. The number of rotatable bonds is 7. The summed E-state index contributed by atoms with van der Waals surface area (Å²) in [7, 11) is 3.86. The fourth-order valence-corrected chi connectivity index (χ4v) is 6.29. The minimum Gasteiger partial charge on any atom is -0.373 e. The second-order valence-electron chi connectivity index (χ2n) is 9.01. The fraction of sp³-hybridized carbons (Fsp3) is 0.583. The number of hydrogen-bond acceptors (Lipinski definition) is 7. The van der Waals surface area contributed by atoms with Crippen LogP contribution in [0, 0.1) is 0 Å². The summed E-state index contributed by atoms with van der Waals surface area (Å²) in [4.78, 5) is 6.99. The summed E-state index contributed by atoms with van der Waals surface area (Å²) in [6.07, 6.45) is 6.66. The van der Waals surface area contributed by atoms with Crippen molar-refractivity contribution in [1.29, 1.82) is 0 Å². The second kappa shape index (κ2) is 10.2. The molecule has 1 aromatic carbocycles. The molecule has 0 saturated heterocycles. The zero-order chi connectivity index (χ0) is 22.9. The summed E-state index contributed by atoms with van der Waals surface area (Å²) in [5.74, 6) is 2.25. The van der Waals surface area contributed by atoms with Gasteiger partial charge in [0.1, 0.15) is 11.5 Å². The fourth-order valence-electron chi connectivity index (χ4n) is 4.66. The van der Waals surface area contributed by atoms with Crippen LogP contribution in [0.15, 0.2) is 27.7 Å². The number of halogens is 2. The Morgan fingerprint density at radius 2 is 1.85 bits per heavy atom. The molecule has 33 heavy (non-hydrogen) atoms. The first-order valence-corrected chi connectivity index (χ1v) is 13.3. The normalized spacial score (nSPS) is 25.3. The molecule has 0 radical (unpaired) electrons. The van der Waals surface area contributed by atoms with Gasteiger partial charge >= 0.3 is 0 Å². The molecule has 0 bridgehead atoms. The van der Waals surface area contributed by atoms with E-state index in [1.807, 2.05) is 18.2 Å². The van der Waals surface area contributed by atoms with Crippen molar-refractivity contribution in [1.82, 2.24) is 10.1 Å². The summed E-state index contributed by atoms with van der Waals surface area (Å²) in [5.41, 5.74) is 2.43. The lowest BCUT2D eigenvalue weighted by atomic mass is 9.92. The number of methoxy groups -OCH3 is 1. The topological polar surface area (TPSA) is 60.1 Å². The number of benzene rings is 1. The van der Waals surface area contributed by atoms with Crippen molar-refractivity contribution >= 4 is 40.1 Å². The average molecular weight is 510 g/mol. The molecule has 2 aromatic rings. The summed E-state index contributed by atoms with van der Waals surface area (Å²) in [5, 5.41) is 6.61. The number of nitrogens with zero attached hydrogens (tertiary/aromatic N) is 3. The lowest BCUT2D eigenvalue weighted by Crippen LogP contribution is -2.39. The van der Waals surface area contributed by atoms with E-state index in [1.54, 1.807) is 18.9 Å². The van der Waals surface area contributed by atoms with Gasteiger partial charge in [0, 0.05) is 43.0 Å². The Balaban J connectivity index is 1.23. The Bertz CT molecular complexity index is 998. The van der Waals surface area contributed by atoms with Gasteiger partial charge in [-0.3, -0.25) is 0 Å². The van der Waals surface area contributed by atoms with Crippen LogP contribution in [0.3, 0.4) is 0 Å². The van der Waals surface area contributed by atoms with Crippen LogP contribution >= 0.6 is 35.0 Å². The van der Waals surface area contributed by atoms with Crippen LogP contribution < -0.4 is 0 Å². The van der Waals surface area contributed by atoms with E-state index in [0.717, 1.165) is 66.3 Å². The van der Waals surface area contributed by atoms with Crippen molar-refractivity contribution in [3.63, 3.8) is 0 Å². The highest BCUT2D eigenvalue weighted by Crippen LogP contribution is 2.46. The van der Waals surface area contributed by atoms with E-state index in [9.17, 15) is 0 Å². The van der Waals surface area contributed by atoms with Gasteiger partial charge in [-0.05, 0) is 50.7 Å². The number of hydrogen-bond donors (Lipinski definition) is 0. The summed E-state index contributed by atoms with van der Waals surface area (Å²) in [6, 6.07) is 5.99. The summed E-state index contributed by atoms with van der Waals surface area (Å²) >= 11 is 14.7. The third-order valence-corrected chi connectivity index (χ3v) is 8.54. The third kappa shape index (κ3) is 5.08. The third-order valence-electron chi connectivity index (χ3n) is 6.80. The Morgan fingerprint density at radius 3 is 2.48 bits per heavy atom. The van der Waals surface area contributed by atoms with Gasteiger partial charge in [0.2, 0.25) is 0 Å². The summed E-state index contributed by atoms with van der Waals surface area (Å²) in [6.45, 7) is 0.468. The first-order chi connectivity index (χ1) is 16.0. The predicted octanol–water partition coefficient (Wildman–Crippen LogP) is 6.36. The Morgan fingerprint density at radius 1 is 1.12 bits per heavy atom. The molecule has 2 saturated carbocycles. The molecule has 1 aromatic heterocycles. The van der Waals surface area contributed by atoms with Gasteiger partial charge in [-0.1, -0.05) is 46.2 Å². The Labute approximate surface area is 209 Å². The molecule has 0 amide bonds. The standard InChI is InChI=1S/C24H29Cl2N3O3S/c1-29(24-27-20(30-2)13-33-24)15-8-10-16(11-9-15)31-12-17-22(28-32-23(17)14-6-7-14)21-18(25)4-3-5-19(21)26/h3-5,14-16,20H,6-13H2,1-2H3. The zero-order valence-electron chi connectivity index (χ0n) is 18.9. The van der Waals surface area contributed by atoms with Crippen molar-refractivity contribution in [2.45, 2.75) is 69.4 Å². The number of aromatic nitrogens is 1. The molecular formula is C24H29Cl2N3O3S. The molecule has 1 aliphatic heterocycles. The van der Waals surface area contributed by atoms with Crippen molar-refractivity contribution in [2.75, 3.05) is 19.9 Å². The Hall–Kier alpha value is -1.25. The van der Waals surface area contributed by atoms with Crippen molar-refractivity contribution in [3.05, 3.63) is 39.6 Å². The smallest absolute Gasteiger partial charge is 0.161 e. The van der Waals surface area contributed by atoms with Crippen LogP contribution in [0.5, 0.6) is 0 Å². The highest BCUT2D eigenvalue weighted by atomic mass is 35.5. The van der Waals surface area contributed by atoms with Gasteiger partial charge in [-0.25, -0.2) is 4.99 Å². The number of amidine groups is 1. The average Bonchev–Trinajstić information content (AvgIpc) is 3.40. The molecule has 6 nitrogen and oxygen atoms in total. The molecule has 0 N–H and O–H groups in total. The minimum absolute atomic E-state index is 0.0165. The van der Waals surface area contributed by atoms with Gasteiger partial charge in [-0.2, -0.15) is 0 Å². The minimum atomic E-state index is -0.0165. The van der Waals surface area contributed by atoms with Crippen molar-refractivity contribution in [3.8, 4) is 11.3 Å². The molecule has 3 aliphatic rings. The van der Waals surface area contributed by atoms with E-state index in [4.69, 9.17) is 37.2 Å². The molecule has 2 heterocycles. The number of ether oxygens (including phenoxy) is 2. The quantitative estimate of drug-likeness (QED) is 0.432. The van der Waals surface area contributed by atoms with E-state index in [2.05, 4.69) is 22.1 Å². The van der Waals surface area contributed by atoms with Crippen molar-refractivity contribution < 1.29 is 14.0 Å². The highest BCUT2D eigenvalue weighted by molar-refractivity contribution is 8.14. The Kier molecular flexibility index (Phi) is 7.23. The van der Waals surface area contributed by atoms with Crippen LogP contribution in [-0.4, -0.2) is 53.5 Å². The van der Waals surface area contributed by atoms with E-state index >= 15 is 0 Å². The second-order valence-corrected chi connectivity index (χ2v) is 10.8. The molecule has 1 unspecified atom stereocenters. The van der Waals surface area contributed by atoms with Gasteiger partial charge < -0.3 is 18.9 Å². The maximum absolute atomic E-state index is 6.48. The molecule has 9 heteroatoms. The first-order valence-electron chi connectivity index (χ1n) is 11.6. The van der Waals surface area contributed by atoms with Gasteiger partial charge in [0.25, 0.3) is 0 Å². The molecule has 1 atom stereocenters. The van der Waals surface area contributed by atoms with Crippen LogP contribution in [0.4, 0.5) is 0 Å². The van der Waals surface area contributed by atoms with Crippen LogP contribution in [-0.2, 0) is 16.1 Å². The predicted molar refractivity (Wildman–Crippen MR) is 133 cm³/mol. The van der Waals surface area contributed by atoms with Gasteiger partial charge in [0.05, 0.1) is 22.8 Å². The van der Waals surface area contributed by atoms with Crippen molar-refractivity contribution in [2.24, 2.45) is 4.99 Å². The van der Waals surface area contributed by atoms with E-state index < -0.39 is 0 Å². The molecular weight excluding hydrogens is 481 g/mol. The molecule has 2 fully saturated rings. The molecule has 2 aliphatic carbocycles. The van der Waals surface area contributed by atoms with Crippen LogP contribution in [0.25, 0.3) is 11.3 Å². The van der Waals surface area contributed by atoms with Gasteiger partial charge in [0.15, 0.2) is 11.4 Å². The first kappa shape index (κ1) is 23.5. The molecule has 5 rings (SSSR count). The van der Waals surface area contributed by atoms with E-state index in [1.165, 1.54) is 0 Å². The maximum atomic E-state index is 6.48. The molecule has 0 spiro atoms. The molecule has 178 valence electrons.